The lowest BCUT2D eigenvalue weighted by molar-refractivity contribution is 0.0605. The molecule has 0 unspecified atom stereocenters. The molecular weight excluding hydrogens is 278 g/mol. The molecule has 0 amide bonds. The highest BCUT2D eigenvalue weighted by atomic mass is 32.1. The number of thiazole rings is 1. The number of carbonyl (C=O) groups excluding carboxylic acids is 1. The molecule has 104 valence electrons. The van der Waals surface area contributed by atoms with Gasteiger partial charge in [0, 0.05) is 5.56 Å². The fourth-order valence-corrected chi connectivity index (χ4v) is 2.35. The molecular formula is C13H13N3O3S. The van der Waals surface area contributed by atoms with E-state index >= 15 is 0 Å². The number of benzene rings is 1. The Hall–Kier alpha value is -2.28. The molecule has 0 bridgehead atoms. The second-order valence-electron chi connectivity index (χ2n) is 3.93. The summed E-state index contributed by atoms with van der Waals surface area (Å²) in [4.78, 5) is 16.0. The Bertz CT molecular complexity index is 652. The molecule has 0 aliphatic heterocycles. The van der Waals surface area contributed by atoms with Gasteiger partial charge in [-0.2, -0.15) is 5.11 Å². The number of esters is 1. The standard InChI is InChI=1S/C13H13N3O3S/c1-8-11(12(18)19-2)20-13(15-8)16-14-7-9-5-3-4-6-10(9)17/h3-6,17H,7H2,1-2H3. The lowest BCUT2D eigenvalue weighted by Crippen LogP contribution is -1.99. The van der Waals surface area contributed by atoms with Crippen LogP contribution in [0.1, 0.15) is 20.9 Å². The molecule has 0 fully saturated rings. The second kappa shape index (κ2) is 6.25. The van der Waals surface area contributed by atoms with Gasteiger partial charge in [-0.3, -0.25) is 0 Å². The SMILES string of the molecule is COC(=O)c1sc(N=NCc2ccccc2O)nc1C. The van der Waals surface area contributed by atoms with Gasteiger partial charge in [-0.25, -0.2) is 9.78 Å². The van der Waals surface area contributed by atoms with Gasteiger partial charge in [0.2, 0.25) is 5.13 Å². The van der Waals surface area contributed by atoms with E-state index in [-0.39, 0.29) is 12.3 Å². The Balaban J connectivity index is 2.09. The fourth-order valence-electron chi connectivity index (χ4n) is 1.52. The first kappa shape index (κ1) is 14.1. The van der Waals surface area contributed by atoms with Crippen LogP contribution in [-0.2, 0) is 11.3 Å². The van der Waals surface area contributed by atoms with Crippen molar-refractivity contribution in [2.24, 2.45) is 10.2 Å². The number of ether oxygens (including phenoxy) is 1. The molecule has 1 N–H and O–H groups in total. The predicted molar refractivity (Wildman–Crippen MR) is 74.5 cm³/mol. The van der Waals surface area contributed by atoms with Crippen LogP contribution in [0.25, 0.3) is 0 Å². The Labute approximate surface area is 119 Å². The molecule has 2 rings (SSSR count). The fraction of sp³-hybridized carbons (Fsp3) is 0.231. The lowest BCUT2D eigenvalue weighted by atomic mass is 10.2. The van der Waals surface area contributed by atoms with E-state index in [0.29, 0.717) is 21.3 Å². The van der Waals surface area contributed by atoms with E-state index in [1.807, 2.05) is 6.07 Å². The number of azo groups is 1. The summed E-state index contributed by atoms with van der Waals surface area (Å²) in [7, 11) is 1.32. The summed E-state index contributed by atoms with van der Waals surface area (Å²) in [5.41, 5.74) is 1.25. The van der Waals surface area contributed by atoms with Crippen molar-refractivity contribution in [2.75, 3.05) is 7.11 Å². The number of hydrogen-bond donors (Lipinski definition) is 1. The van der Waals surface area contributed by atoms with Crippen LogP contribution in [0.5, 0.6) is 5.75 Å². The summed E-state index contributed by atoms with van der Waals surface area (Å²) in [6.45, 7) is 1.96. The van der Waals surface area contributed by atoms with Crippen molar-refractivity contribution in [2.45, 2.75) is 13.5 Å². The van der Waals surface area contributed by atoms with Crippen molar-refractivity contribution >= 4 is 22.4 Å². The van der Waals surface area contributed by atoms with Gasteiger partial charge < -0.3 is 9.84 Å². The van der Waals surface area contributed by atoms with Crippen LogP contribution in [0.3, 0.4) is 0 Å². The Morgan fingerprint density at radius 1 is 1.45 bits per heavy atom. The highest BCUT2D eigenvalue weighted by molar-refractivity contribution is 7.17. The van der Waals surface area contributed by atoms with Crippen LogP contribution in [-0.4, -0.2) is 23.2 Å². The monoisotopic (exact) mass is 291 g/mol. The smallest absolute Gasteiger partial charge is 0.350 e. The number of phenolic OH excluding ortho intramolecular Hbond substituents is 1. The molecule has 1 aromatic heterocycles. The van der Waals surface area contributed by atoms with Crippen molar-refractivity contribution in [3.8, 4) is 5.75 Å². The molecule has 0 saturated heterocycles. The molecule has 0 atom stereocenters. The van der Waals surface area contributed by atoms with Crippen LogP contribution in [0, 0.1) is 6.92 Å². The Morgan fingerprint density at radius 2 is 2.20 bits per heavy atom. The molecule has 0 radical (unpaired) electrons. The number of nitrogens with zero attached hydrogens (tertiary/aromatic N) is 3. The first-order valence-electron chi connectivity index (χ1n) is 5.82. The largest absolute Gasteiger partial charge is 0.508 e. The first-order valence-corrected chi connectivity index (χ1v) is 6.63. The second-order valence-corrected chi connectivity index (χ2v) is 4.91. The van der Waals surface area contributed by atoms with Gasteiger partial charge in [0.25, 0.3) is 0 Å². The normalized spacial score (nSPS) is 10.9. The third-order valence-electron chi connectivity index (χ3n) is 2.55. The topological polar surface area (TPSA) is 84.1 Å². The summed E-state index contributed by atoms with van der Waals surface area (Å²) in [5.74, 6) is -0.251. The van der Waals surface area contributed by atoms with Crippen LogP contribution in [0.15, 0.2) is 34.5 Å². The summed E-state index contributed by atoms with van der Waals surface area (Å²) in [6.07, 6.45) is 0. The van der Waals surface area contributed by atoms with Crippen LogP contribution in [0.4, 0.5) is 5.13 Å². The number of para-hydroxylation sites is 1. The first-order chi connectivity index (χ1) is 9.61. The minimum atomic E-state index is -0.429. The lowest BCUT2D eigenvalue weighted by Gasteiger charge is -1.97. The molecule has 2 aromatic rings. The van der Waals surface area contributed by atoms with E-state index < -0.39 is 5.97 Å². The average molecular weight is 291 g/mol. The zero-order chi connectivity index (χ0) is 14.5. The van der Waals surface area contributed by atoms with Gasteiger partial charge in [-0.1, -0.05) is 29.5 Å². The quantitative estimate of drug-likeness (QED) is 0.692. The number of aryl methyl sites for hydroxylation is 1. The minimum Gasteiger partial charge on any atom is -0.508 e. The third-order valence-corrected chi connectivity index (χ3v) is 3.57. The zero-order valence-corrected chi connectivity index (χ0v) is 11.8. The molecule has 1 aromatic carbocycles. The van der Waals surface area contributed by atoms with Gasteiger partial charge in [0.1, 0.15) is 10.6 Å². The summed E-state index contributed by atoms with van der Waals surface area (Å²) >= 11 is 1.12. The summed E-state index contributed by atoms with van der Waals surface area (Å²) in [5, 5.41) is 17.9. The van der Waals surface area contributed by atoms with Crippen molar-refractivity contribution in [1.29, 1.82) is 0 Å². The van der Waals surface area contributed by atoms with Crippen molar-refractivity contribution in [1.82, 2.24) is 4.98 Å². The molecule has 0 aliphatic carbocycles. The summed E-state index contributed by atoms with van der Waals surface area (Å²) < 4.78 is 4.65. The Kier molecular flexibility index (Phi) is 4.41. The van der Waals surface area contributed by atoms with E-state index in [2.05, 4.69) is 19.9 Å². The number of methoxy groups -OCH3 is 1. The van der Waals surface area contributed by atoms with E-state index in [1.165, 1.54) is 7.11 Å². The maximum Gasteiger partial charge on any atom is 0.350 e. The minimum absolute atomic E-state index is 0.178. The number of rotatable bonds is 4. The van der Waals surface area contributed by atoms with Crippen LogP contribution >= 0.6 is 11.3 Å². The van der Waals surface area contributed by atoms with E-state index in [1.54, 1.807) is 25.1 Å². The van der Waals surface area contributed by atoms with E-state index in [9.17, 15) is 9.90 Å². The number of aromatic hydroxyl groups is 1. The average Bonchev–Trinajstić information content (AvgIpc) is 2.81. The van der Waals surface area contributed by atoms with Gasteiger partial charge in [-0.15, -0.1) is 5.11 Å². The number of hydrogen-bond acceptors (Lipinski definition) is 7. The summed E-state index contributed by atoms with van der Waals surface area (Å²) in [6, 6.07) is 6.91. The molecule has 0 aliphatic rings. The van der Waals surface area contributed by atoms with Crippen LogP contribution in [0.2, 0.25) is 0 Å². The maximum absolute atomic E-state index is 11.4. The van der Waals surface area contributed by atoms with Gasteiger partial charge in [0.15, 0.2) is 0 Å². The number of carbonyl (C=O) groups is 1. The van der Waals surface area contributed by atoms with Gasteiger partial charge >= 0.3 is 5.97 Å². The van der Waals surface area contributed by atoms with Crippen molar-refractivity contribution in [3.63, 3.8) is 0 Å². The maximum atomic E-state index is 11.4. The molecule has 0 saturated carbocycles. The van der Waals surface area contributed by atoms with E-state index in [0.717, 1.165) is 11.3 Å². The predicted octanol–water partition coefficient (Wildman–Crippen LogP) is 3.23. The molecule has 0 spiro atoms. The molecule has 1 heterocycles. The number of aromatic nitrogens is 1. The van der Waals surface area contributed by atoms with Gasteiger partial charge in [0.05, 0.1) is 19.3 Å². The van der Waals surface area contributed by atoms with Gasteiger partial charge in [-0.05, 0) is 13.0 Å². The van der Waals surface area contributed by atoms with E-state index in [4.69, 9.17) is 0 Å². The molecule has 20 heavy (non-hydrogen) atoms. The molecule has 6 nitrogen and oxygen atoms in total. The van der Waals surface area contributed by atoms with Crippen molar-refractivity contribution in [3.05, 3.63) is 40.4 Å². The molecule has 7 heteroatoms. The zero-order valence-electron chi connectivity index (χ0n) is 11.0. The highest BCUT2D eigenvalue weighted by Crippen LogP contribution is 2.26. The number of phenols is 1. The van der Waals surface area contributed by atoms with Crippen LogP contribution < -0.4 is 0 Å². The third kappa shape index (κ3) is 3.18. The highest BCUT2D eigenvalue weighted by Gasteiger charge is 2.15. The van der Waals surface area contributed by atoms with Crippen molar-refractivity contribution < 1.29 is 14.6 Å². The Morgan fingerprint density at radius 3 is 2.90 bits per heavy atom.